The van der Waals surface area contributed by atoms with Gasteiger partial charge in [-0.25, -0.2) is 0 Å². The zero-order valence-electron chi connectivity index (χ0n) is 12.8. The first kappa shape index (κ1) is 18.5. The Morgan fingerprint density at radius 2 is 1.25 bits per heavy atom. The van der Waals surface area contributed by atoms with Crippen molar-refractivity contribution in [2.45, 2.75) is 53.4 Å². The molecule has 0 bridgehead atoms. The second kappa shape index (κ2) is 9.39. The van der Waals surface area contributed by atoms with Crippen molar-refractivity contribution in [1.29, 1.82) is 0 Å². The van der Waals surface area contributed by atoms with Gasteiger partial charge in [0.05, 0.1) is 6.54 Å². The van der Waals surface area contributed by atoms with E-state index in [1.54, 1.807) is 27.7 Å². The van der Waals surface area contributed by atoms with E-state index >= 15 is 0 Å². The Kier molecular flexibility index (Phi) is 8.68. The summed E-state index contributed by atoms with van der Waals surface area (Å²) in [6.07, 6.45) is 0.617. The highest BCUT2D eigenvalue weighted by molar-refractivity contribution is 5.90. The third-order valence-corrected chi connectivity index (χ3v) is 3.03. The lowest BCUT2D eigenvalue weighted by molar-refractivity contribution is -0.128. The van der Waals surface area contributed by atoms with E-state index in [4.69, 9.17) is 0 Å². The number of rotatable bonds is 10. The largest absolute Gasteiger partial charge is 0.349 e. The molecule has 0 aliphatic carbocycles. The zero-order chi connectivity index (χ0) is 15.7. The minimum Gasteiger partial charge on any atom is -0.349 e. The molecule has 0 aromatic rings. The second-order valence-corrected chi connectivity index (χ2v) is 5.56. The van der Waals surface area contributed by atoms with Crippen LogP contribution in [0.4, 0.5) is 0 Å². The van der Waals surface area contributed by atoms with E-state index in [0.717, 1.165) is 0 Å². The Labute approximate surface area is 120 Å². The fraction of sp³-hybridized carbons (Fsp3) is 0.733. The van der Waals surface area contributed by atoms with Crippen molar-refractivity contribution in [2.75, 3.05) is 6.54 Å². The molecular weight excluding hydrogens is 258 g/mol. The average molecular weight is 283 g/mol. The summed E-state index contributed by atoms with van der Waals surface area (Å²) in [6, 6.07) is 0. The standard InChI is InChI=1S/C15H25NO4/c1-10(2)13(18)7-5-12(17)6-8-15(20)16-9-14(19)11(3)4/h10-11H,5-9H2,1-4H3,(H,16,20). The molecular formula is C15H25NO4. The molecule has 1 amide bonds. The van der Waals surface area contributed by atoms with Gasteiger partial charge in [0.1, 0.15) is 11.6 Å². The Morgan fingerprint density at radius 3 is 1.75 bits per heavy atom. The molecule has 1 N–H and O–H groups in total. The molecule has 0 fully saturated rings. The minimum atomic E-state index is -0.303. The lowest BCUT2D eigenvalue weighted by Gasteiger charge is -2.06. The molecule has 0 rings (SSSR count). The molecule has 0 saturated carbocycles. The van der Waals surface area contributed by atoms with E-state index in [9.17, 15) is 19.2 Å². The Balaban J connectivity index is 3.81. The predicted octanol–water partition coefficient (Wildman–Crippen LogP) is 1.68. The van der Waals surface area contributed by atoms with Gasteiger partial charge in [-0.3, -0.25) is 19.2 Å². The number of amides is 1. The van der Waals surface area contributed by atoms with Gasteiger partial charge in [0.2, 0.25) is 5.91 Å². The van der Waals surface area contributed by atoms with Gasteiger partial charge in [0, 0.05) is 37.5 Å². The Morgan fingerprint density at radius 1 is 0.750 bits per heavy atom. The van der Waals surface area contributed by atoms with Crippen LogP contribution in [0.2, 0.25) is 0 Å². The Bertz CT molecular complexity index is 336. The van der Waals surface area contributed by atoms with Gasteiger partial charge in [-0.15, -0.1) is 0 Å². The molecule has 0 unspecified atom stereocenters. The normalized spacial score (nSPS) is 10.7. The quantitative estimate of drug-likeness (QED) is 0.661. The van der Waals surface area contributed by atoms with Crippen LogP contribution in [-0.4, -0.2) is 29.8 Å². The topological polar surface area (TPSA) is 80.3 Å². The first-order valence-electron chi connectivity index (χ1n) is 7.07. The summed E-state index contributed by atoms with van der Waals surface area (Å²) in [5.74, 6) is -0.545. The van der Waals surface area contributed by atoms with Crippen molar-refractivity contribution < 1.29 is 19.2 Å². The van der Waals surface area contributed by atoms with E-state index < -0.39 is 0 Å². The highest BCUT2D eigenvalue weighted by Crippen LogP contribution is 2.05. The first-order chi connectivity index (χ1) is 9.23. The molecule has 0 aliphatic rings. The van der Waals surface area contributed by atoms with Crippen LogP contribution in [0.15, 0.2) is 0 Å². The van der Waals surface area contributed by atoms with Crippen LogP contribution in [-0.2, 0) is 19.2 Å². The maximum Gasteiger partial charge on any atom is 0.220 e. The summed E-state index contributed by atoms with van der Waals surface area (Å²) in [7, 11) is 0. The van der Waals surface area contributed by atoms with Crippen molar-refractivity contribution in [3.05, 3.63) is 0 Å². The lowest BCUT2D eigenvalue weighted by atomic mass is 10.0. The Hall–Kier alpha value is -1.52. The summed E-state index contributed by atoms with van der Waals surface area (Å²) in [5, 5.41) is 2.49. The molecule has 0 atom stereocenters. The van der Waals surface area contributed by atoms with E-state index in [2.05, 4.69) is 5.32 Å². The third-order valence-electron chi connectivity index (χ3n) is 3.03. The van der Waals surface area contributed by atoms with Gasteiger partial charge in [0.15, 0.2) is 5.78 Å². The van der Waals surface area contributed by atoms with Gasteiger partial charge in [-0.2, -0.15) is 0 Å². The zero-order valence-corrected chi connectivity index (χ0v) is 12.8. The van der Waals surface area contributed by atoms with Gasteiger partial charge >= 0.3 is 0 Å². The molecule has 0 heterocycles. The van der Waals surface area contributed by atoms with Crippen molar-refractivity contribution in [3.63, 3.8) is 0 Å². The first-order valence-corrected chi connectivity index (χ1v) is 7.07. The van der Waals surface area contributed by atoms with Crippen molar-refractivity contribution in [1.82, 2.24) is 5.32 Å². The van der Waals surface area contributed by atoms with Crippen LogP contribution in [0.3, 0.4) is 0 Å². The molecule has 5 nitrogen and oxygen atoms in total. The van der Waals surface area contributed by atoms with Crippen LogP contribution < -0.4 is 5.32 Å². The minimum absolute atomic E-state index is 0.0104. The molecule has 5 heteroatoms. The predicted molar refractivity (Wildman–Crippen MR) is 76.2 cm³/mol. The van der Waals surface area contributed by atoms with Gasteiger partial charge in [-0.05, 0) is 0 Å². The summed E-state index contributed by atoms with van der Waals surface area (Å²) in [4.78, 5) is 45.6. The number of hydrogen-bond donors (Lipinski definition) is 1. The molecule has 0 saturated heterocycles. The van der Waals surface area contributed by atoms with E-state index in [1.165, 1.54) is 0 Å². The SMILES string of the molecule is CC(C)C(=O)CCC(=O)CCC(=O)NCC(=O)C(C)C. The van der Waals surface area contributed by atoms with Crippen molar-refractivity contribution >= 4 is 23.3 Å². The number of ketones is 3. The van der Waals surface area contributed by atoms with Crippen LogP contribution >= 0.6 is 0 Å². The summed E-state index contributed by atoms with van der Waals surface area (Å²) >= 11 is 0. The van der Waals surface area contributed by atoms with Gasteiger partial charge in [-0.1, -0.05) is 27.7 Å². The molecule has 0 aromatic heterocycles. The molecule has 0 aliphatic heterocycles. The van der Waals surface area contributed by atoms with Crippen LogP contribution in [0, 0.1) is 11.8 Å². The molecule has 0 spiro atoms. The third kappa shape index (κ3) is 8.56. The smallest absolute Gasteiger partial charge is 0.220 e. The second-order valence-electron chi connectivity index (χ2n) is 5.56. The van der Waals surface area contributed by atoms with E-state index in [1.807, 2.05) is 0 Å². The van der Waals surface area contributed by atoms with E-state index in [-0.39, 0.29) is 67.3 Å². The number of nitrogens with one attached hydrogen (secondary N) is 1. The highest BCUT2D eigenvalue weighted by Gasteiger charge is 2.13. The fourth-order valence-corrected chi connectivity index (χ4v) is 1.41. The highest BCUT2D eigenvalue weighted by atomic mass is 16.2. The molecule has 0 aromatic carbocycles. The van der Waals surface area contributed by atoms with Crippen LogP contribution in [0.1, 0.15) is 53.4 Å². The molecule has 0 radical (unpaired) electrons. The fourth-order valence-electron chi connectivity index (χ4n) is 1.41. The van der Waals surface area contributed by atoms with E-state index in [0.29, 0.717) is 0 Å². The number of hydrogen-bond acceptors (Lipinski definition) is 4. The monoisotopic (exact) mass is 283 g/mol. The summed E-state index contributed by atoms with van der Waals surface area (Å²) < 4.78 is 0. The van der Waals surface area contributed by atoms with Crippen LogP contribution in [0.5, 0.6) is 0 Å². The average Bonchev–Trinajstić information content (AvgIpc) is 2.39. The summed E-state index contributed by atoms with van der Waals surface area (Å²) in [5.41, 5.74) is 0. The molecule has 20 heavy (non-hydrogen) atoms. The number of Topliss-reactive ketones (excluding diaryl/α,β-unsaturated/α-hetero) is 3. The lowest BCUT2D eigenvalue weighted by Crippen LogP contribution is -2.31. The van der Waals surface area contributed by atoms with Gasteiger partial charge in [0.25, 0.3) is 0 Å². The summed E-state index contributed by atoms with van der Waals surface area (Å²) in [6.45, 7) is 7.14. The molecule has 114 valence electrons. The van der Waals surface area contributed by atoms with Crippen molar-refractivity contribution in [3.8, 4) is 0 Å². The maximum absolute atomic E-state index is 11.5. The number of carbonyl (C=O) groups excluding carboxylic acids is 4. The van der Waals surface area contributed by atoms with Crippen LogP contribution in [0.25, 0.3) is 0 Å². The maximum atomic E-state index is 11.5. The van der Waals surface area contributed by atoms with Gasteiger partial charge < -0.3 is 5.32 Å². The number of carbonyl (C=O) groups is 4. The van der Waals surface area contributed by atoms with Crippen molar-refractivity contribution in [2.24, 2.45) is 11.8 Å².